The Bertz CT molecular complexity index is 761. The minimum absolute atomic E-state index is 0.0275. The lowest BCUT2D eigenvalue weighted by molar-refractivity contribution is -0.137. The third kappa shape index (κ3) is 3.82. The second kappa shape index (κ2) is 8.29. The number of ether oxygens (including phenoxy) is 1. The van der Waals surface area contributed by atoms with E-state index < -0.39 is 5.97 Å². The average molecular weight is 325 g/mol. The molecule has 24 heavy (non-hydrogen) atoms. The maximum absolute atomic E-state index is 13.0. The summed E-state index contributed by atoms with van der Waals surface area (Å²) in [5.41, 5.74) is 1.34. The summed E-state index contributed by atoms with van der Waals surface area (Å²) in [6.07, 6.45) is 3.02. The molecule has 0 saturated heterocycles. The predicted molar refractivity (Wildman–Crippen MR) is 96.9 cm³/mol. The highest BCUT2D eigenvalue weighted by Crippen LogP contribution is 2.25. The van der Waals surface area contributed by atoms with Gasteiger partial charge in [-0.25, -0.2) is 4.79 Å². The molecule has 2 aromatic rings. The second-order valence-electron chi connectivity index (χ2n) is 5.31. The summed E-state index contributed by atoms with van der Waals surface area (Å²) in [5, 5.41) is 1.89. The molecule has 0 aliphatic rings. The molecule has 0 spiro atoms. The molecule has 126 valence electrons. The van der Waals surface area contributed by atoms with Crippen LogP contribution in [0.25, 0.3) is 16.8 Å². The zero-order valence-corrected chi connectivity index (χ0v) is 14.4. The number of esters is 1. The molecule has 4 heteroatoms. The van der Waals surface area contributed by atoms with Gasteiger partial charge in [0.2, 0.25) is 0 Å². The molecule has 0 radical (unpaired) electrons. The maximum Gasteiger partial charge on any atom is 0.330 e. The highest BCUT2D eigenvalue weighted by Gasteiger charge is 2.18. The fourth-order valence-electron chi connectivity index (χ4n) is 2.68. The van der Waals surface area contributed by atoms with Crippen LogP contribution in [-0.2, 0) is 9.53 Å². The van der Waals surface area contributed by atoms with Crippen molar-refractivity contribution in [3.05, 3.63) is 53.6 Å². The Morgan fingerprint density at radius 3 is 2.42 bits per heavy atom. The molecule has 2 rings (SSSR count). The SMILES string of the molecule is CCOC(=O)/C=C/c1ccc2ccccc2c1C(=O)N(CC)CC. The molecule has 2 aromatic carbocycles. The van der Waals surface area contributed by atoms with E-state index in [-0.39, 0.29) is 5.91 Å². The third-order valence-corrected chi connectivity index (χ3v) is 3.91. The van der Waals surface area contributed by atoms with Crippen molar-refractivity contribution >= 4 is 28.7 Å². The van der Waals surface area contributed by atoms with E-state index in [0.717, 1.165) is 16.3 Å². The van der Waals surface area contributed by atoms with Gasteiger partial charge in [0.1, 0.15) is 0 Å². The van der Waals surface area contributed by atoms with Crippen molar-refractivity contribution in [1.82, 2.24) is 4.90 Å². The Labute approximate surface area is 142 Å². The summed E-state index contributed by atoms with van der Waals surface area (Å²) in [5.74, 6) is -0.438. The van der Waals surface area contributed by atoms with Crippen LogP contribution in [0.15, 0.2) is 42.5 Å². The zero-order valence-electron chi connectivity index (χ0n) is 14.4. The standard InChI is InChI=1S/C20H23NO3/c1-4-21(5-2)20(23)19-16(13-14-18(22)24-6-3)12-11-15-9-7-8-10-17(15)19/h7-14H,4-6H2,1-3H3/b14-13+. The molecular formula is C20H23NO3. The van der Waals surface area contributed by atoms with Crippen LogP contribution in [0, 0.1) is 0 Å². The van der Waals surface area contributed by atoms with Gasteiger partial charge in [0.15, 0.2) is 0 Å². The topological polar surface area (TPSA) is 46.6 Å². The number of benzene rings is 2. The number of amides is 1. The number of rotatable bonds is 6. The molecule has 0 atom stereocenters. The molecule has 0 aliphatic carbocycles. The number of hydrogen-bond acceptors (Lipinski definition) is 3. The fourth-order valence-corrected chi connectivity index (χ4v) is 2.68. The van der Waals surface area contributed by atoms with Crippen molar-refractivity contribution in [3.63, 3.8) is 0 Å². The normalized spacial score (nSPS) is 11.0. The van der Waals surface area contributed by atoms with Crippen LogP contribution in [0.3, 0.4) is 0 Å². The highest BCUT2D eigenvalue weighted by molar-refractivity contribution is 6.10. The first-order valence-electron chi connectivity index (χ1n) is 8.28. The Hall–Kier alpha value is -2.62. The first kappa shape index (κ1) is 17.7. The quantitative estimate of drug-likeness (QED) is 0.598. The van der Waals surface area contributed by atoms with Crippen LogP contribution in [0.4, 0.5) is 0 Å². The summed E-state index contributed by atoms with van der Waals surface area (Å²) < 4.78 is 4.92. The smallest absolute Gasteiger partial charge is 0.330 e. The van der Waals surface area contributed by atoms with Crippen molar-refractivity contribution in [2.24, 2.45) is 0 Å². The largest absolute Gasteiger partial charge is 0.463 e. The lowest BCUT2D eigenvalue weighted by Gasteiger charge is -2.21. The van der Waals surface area contributed by atoms with Gasteiger partial charge < -0.3 is 9.64 Å². The molecule has 0 fully saturated rings. The van der Waals surface area contributed by atoms with Crippen molar-refractivity contribution in [3.8, 4) is 0 Å². The number of nitrogens with zero attached hydrogens (tertiary/aromatic N) is 1. The average Bonchev–Trinajstić information content (AvgIpc) is 2.60. The van der Waals surface area contributed by atoms with Gasteiger partial charge in [-0.3, -0.25) is 4.79 Å². The van der Waals surface area contributed by atoms with E-state index >= 15 is 0 Å². The summed E-state index contributed by atoms with van der Waals surface area (Å²) in [7, 11) is 0. The summed E-state index contributed by atoms with van der Waals surface area (Å²) >= 11 is 0. The van der Waals surface area contributed by atoms with E-state index in [2.05, 4.69) is 0 Å². The second-order valence-corrected chi connectivity index (χ2v) is 5.31. The van der Waals surface area contributed by atoms with Gasteiger partial charge in [0.05, 0.1) is 12.2 Å². The molecule has 0 N–H and O–H groups in total. The van der Waals surface area contributed by atoms with Crippen molar-refractivity contribution in [2.45, 2.75) is 20.8 Å². The Balaban J connectivity index is 2.56. The van der Waals surface area contributed by atoms with Gasteiger partial charge in [0.25, 0.3) is 5.91 Å². The van der Waals surface area contributed by atoms with E-state index in [1.165, 1.54) is 6.08 Å². The summed E-state index contributed by atoms with van der Waals surface area (Å²) in [4.78, 5) is 26.4. The van der Waals surface area contributed by atoms with Crippen molar-refractivity contribution in [1.29, 1.82) is 0 Å². The molecule has 4 nitrogen and oxygen atoms in total. The van der Waals surface area contributed by atoms with E-state index in [4.69, 9.17) is 4.74 Å². The number of fused-ring (bicyclic) bond motifs is 1. The van der Waals surface area contributed by atoms with Crippen LogP contribution < -0.4 is 0 Å². The Kier molecular flexibility index (Phi) is 6.13. The molecule has 0 aromatic heterocycles. The van der Waals surface area contributed by atoms with E-state index in [9.17, 15) is 9.59 Å². The zero-order chi connectivity index (χ0) is 17.5. The molecular weight excluding hydrogens is 302 g/mol. The van der Waals surface area contributed by atoms with Crippen molar-refractivity contribution < 1.29 is 14.3 Å². The minimum atomic E-state index is -0.410. The van der Waals surface area contributed by atoms with Crippen LogP contribution in [-0.4, -0.2) is 36.5 Å². The van der Waals surface area contributed by atoms with Gasteiger partial charge in [-0.05, 0) is 43.2 Å². The van der Waals surface area contributed by atoms with E-state index in [1.807, 2.05) is 50.2 Å². The van der Waals surface area contributed by atoms with Crippen LogP contribution in [0.5, 0.6) is 0 Å². The number of carbonyl (C=O) groups excluding carboxylic acids is 2. The maximum atomic E-state index is 13.0. The monoisotopic (exact) mass is 325 g/mol. The van der Waals surface area contributed by atoms with Gasteiger partial charge in [-0.2, -0.15) is 0 Å². The Morgan fingerprint density at radius 1 is 1.04 bits per heavy atom. The molecule has 0 aliphatic heterocycles. The van der Waals surface area contributed by atoms with Crippen molar-refractivity contribution in [2.75, 3.05) is 19.7 Å². The molecule has 0 bridgehead atoms. The van der Waals surface area contributed by atoms with E-state index in [1.54, 1.807) is 17.9 Å². The minimum Gasteiger partial charge on any atom is -0.463 e. The van der Waals surface area contributed by atoms with Crippen LogP contribution in [0.2, 0.25) is 0 Å². The Morgan fingerprint density at radius 2 is 1.75 bits per heavy atom. The van der Waals surface area contributed by atoms with Gasteiger partial charge in [0, 0.05) is 19.2 Å². The lowest BCUT2D eigenvalue weighted by atomic mass is 9.97. The van der Waals surface area contributed by atoms with Gasteiger partial charge in [-0.1, -0.05) is 36.4 Å². The first-order chi connectivity index (χ1) is 11.6. The predicted octanol–water partition coefficient (Wildman–Crippen LogP) is 3.90. The molecule has 0 unspecified atom stereocenters. The molecule has 1 amide bonds. The van der Waals surface area contributed by atoms with Gasteiger partial charge in [-0.15, -0.1) is 0 Å². The fraction of sp³-hybridized carbons (Fsp3) is 0.300. The molecule has 0 heterocycles. The number of carbonyl (C=O) groups is 2. The first-order valence-corrected chi connectivity index (χ1v) is 8.28. The summed E-state index contributed by atoms with van der Waals surface area (Å²) in [6, 6.07) is 11.6. The third-order valence-electron chi connectivity index (χ3n) is 3.91. The van der Waals surface area contributed by atoms with Gasteiger partial charge >= 0.3 is 5.97 Å². The highest BCUT2D eigenvalue weighted by atomic mass is 16.5. The number of hydrogen-bond donors (Lipinski definition) is 0. The van der Waals surface area contributed by atoms with Crippen LogP contribution >= 0.6 is 0 Å². The van der Waals surface area contributed by atoms with E-state index in [0.29, 0.717) is 25.3 Å². The lowest BCUT2D eigenvalue weighted by Crippen LogP contribution is -2.31. The summed E-state index contributed by atoms with van der Waals surface area (Å²) in [6.45, 7) is 7.28. The molecule has 0 saturated carbocycles. The van der Waals surface area contributed by atoms with Crippen LogP contribution in [0.1, 0.15) is 36.7 Å².